The Balaban J connectivity index is 1.36. The van der Waals surface area contributed by atoms with Crippen molar-refractivity contribution in [3.05, 3.63) is 79.1 Å². The maximum absolute atomic E-state index is 14.4. The lowest BCUT2D eigenvalue weighted by atomic mass is 10.1. The van der Waals surface area contributed by atoms with Crippen molar-refractivity contribution in [2.24, 2.45) is 7.05 Å². The number of halogens is 4. The summed E-state index contributed by atoms with van der Waals surface area (Å²) in [6, 6.07) is 1.25. The second kappa shape index (κ2) is 13.0. The molecule has 3 aromatic heterocycles. The number of benzene rings is 1. The monoisotopic (exact) mass is 687 g/mol. The number of hydrogen-bond acceptors (Lipinski definition) is 8. The van der Waals surface area contributed by atoms with E-state index in [9.17, 15) is 36.7 Å². The van der Waals surface area contributed by atoms with Gasteiger partial charge in [-0.3, -0.25) is 23.9 Å². The van der Waals surface area contributed by atoms with Crippen molar-refractivity contribution in [2.75, 3.05) is 49.6 Å². The van der Waals surface area contributed by atoms with Crippen LogP contribution in [0.1, 0.15) is 46.3 Å². The van der Waals surface area contributed by atoms with Crippen molar-refractivity contribution in [3.63, 3.8) is 0 Å². The molecule has 4 aromatic rings. The Labute approximate surface area is 275 Å². The molecule has 14 nitrogen and oxygen atoms in total. The van der Waals surface area contributed by atoms with Gasteiger partial charge in [0.05, 0.1) is 24.5 Å². The van der Waals surface area contributed by atoms with Gasteiger partial charge in [0.2, 0.25) is 11.7 Å². The molecule has 18 heteroatoms. The summed E-state index contributed by atoms with van der Waals surface area (Å²) in [5.74, 6) is -2.33. The number of aromatic nitrogens is 6. The van der Waals surface area contributed by atoms with Crippen LogP contribution in [0.25, 0.3) is 11.4 Å². The van der Waals surface area contributed by atoms with Crippen molar-refractivity contribution in [2.45, 2.75) is 39.4 Å². The van der Waals surface area contributed by atoms with E-state index in [1.54, 1.807) is 17.9 Å². The minimum absolute atomic E-state index is 0.000659. The Hall–Kier alpha value is -5.26. The molecule has 0 bridgehead atoms. The number of rotatable bonds is 7. The molecule has 2 aliphatic rings. The molecule has 2 aliphatic heterocycles. The van der Waals surface area contributed by atoms with E-state index in [1.807, 2.05) is 0 Å². The SMILES string of the molecule is CCc1c(N2CCN(C(=O)c3c[nH]n(C)c3=O)CC2)c(=O)n2nc(C3=CCOCC3)nc2n1CC(=O)Nc1cc(F)c(C(F)(F)F)cc1C. The first-order chi connectivity index (χ1) is 23.3. The lowest BCUT2D eigenvalue weighted by Crippen LogP contribution is -2.51. The van der Waals surface area contributed by atoms with Gasteiger partial charge < -0.3 is 29.5 Å². The Morgan fingerprint density at radius 2 is 1.84 bits per heavy atom. The molecule has 0 spiro atoms. The molecule has 0 aliphatic carbocycles. The number of amides is 2. The summed E-state index contributed by atoms with van der Waals surface area (Å²) in [5.41, 5.74) is -1.10. The van der Waals surface area contributed by atoms with Crippen molar-refractivity contribution < 1.29 is 31.9 Å². The van der Waals surface area contributed by atoms with E-state index in [4.69, 9.17) is 4.74 Å². The lowest BCUT2D eigenvalue weighted by molar-refractivity contribution is -0.140. The van der Waals surface area contributed by atoms with Gasteiger partial charge in [-0.1, -0.05) is 13.0 Å². The largest absolute Gasteiger partial charge is 0.419 e. The van der Waals surface area contributed by atoms with E-state index >= 15 is 0 Å². The number of H-pyrrole nitrogens is 1. The Bertz CT molecular complexity index is 2100. The zero-order valence-electron chi connectivity index (χ0n) is 26.9. The van der Waals surface area contributed by atoms with Crippen LogP contribution in [0.3, 0.4) is 0 Å². The molecule has 260 valence electrons. The van der Waals surface area contributed by atoms with Gasteiger partial charge in [0.25, 0.3) is 17.0 Å². The van der Waals surface area contributed by atoms with E-state index < -0.39 is 47.0 Å². The number of carbonyl (C=O) groups excluding carboxylic acids is 2. The number of nitrogens with zero attached hydrogens (tertiary/aromatic N) is 7. The quantitative estimate of drug-likeness (QED) is 0.281. The average Bonchev–Trinajstić information content (AvgIpc) is 3.67. The smallest absolute Gasteiger partial charge is 0.377 e. The summed E-state index contributed by atoms with van der Waals surface area (Å²) in [4.78, 5) is 60.9. The van der Waals surface area contributed by atoms with Crippen LogP contribution >= 0.6 is 0 Å². The fraction of sp³-hybridized carbons (Fsp3) is 0.419. The predicted octanol–water partition coefficient (Wildman–Crippen LogP) is 2.35. The summed E-state index contributed by atoms with van der Waals surface area (Å²) in [6.45, 7) is 4.29. The molecule has 49 heavy (non-hydrogen) atoms. The molecule has 2 N–H and O–H groups in total. The molecule has 1 fully saturated rings. The number of anilines is 2. The van der Waals surface area contributed by atoms with Crippen LogP contribution in [0.15, 0.2) is 34.0 Å². The van der Waals surface area contributed by atoms with E-state index in [-0.39, 0.29) is 66.7 Å². The molecule has 2 amide bonds. The maximum atomic E-state index is 14.4. The number of alkyl halides is 3. The van der Waals surface area contributed by atoms with Crippen LogP contribution in [0, 0.1) is 12.7 Å². The average molecular weight is 688 g/mol. The number of fused-ring (bicyclic) bond motifs is 1. The summed E-state index contributed by atoms with van der Waals surface area (Å²) in [6.07, 6.45) is -0.996. The highest BCUT2D eigenvalue weighted by Crippen LogP contribution is 2.34. The Morgan fingerprint density at radius 1 is 1.10 bits per heavy atom. The van der Waals surface area contributed by atoms with Gasteiger partial charge in [0.15, 0.2) is 5.82 Å². The van der Waals surface area contributed by atoms with Crippen LogP contribution in [0.5, 0.6) is 0 Å². The molecular weight excluding hydrogens is 654 g/mol. The van der Waals surface area contributed by atoms with Crippen LogP contribution < -0.4 is 21.3 Å². The highest BCUT2D eigenvalue weighted by atomic mass is 19.4. The molecule has 1 aromatic carbocycles. The third-order valence-corrected chi connectivity index (χ3v) is 8.66. The fourth-order valence-electron chi connectivity index (χ4n) is 6.08. The summed E-state index contributed by atoms with van der Waals surface area (Å²) >= 11 is 0. The van der Waals surface area contributed by atoms with Crippen LogP contribution in [-0.4, -0.2) is 85.1 Å². The number of hydrogen-bond donors (Lipinski definition) is 2. The van der Waals surface area contributed by atoms with Crippen molar-refractivity contribution in [1.29, 1.82) is 0 Å². The minimum atomic E-state index is -4.91. The second-order valence-electron chi connectivity index (χ2n) is 11.8. The number of carbonyl (C=O) groups is 2. The summed E-state index contributed by atoms with van der Waals surface area (Å²) < 4.78 is 63.3. The Morgan fingerprint density at radius 3 is 2.45 bits per heavy atom. The Kier molecular flexibility index (Phi) is 8.91. The molecule has 5 heterocycles. The van der Waals surface area contributed by atoms with Gasteiger partial charge in [0, 0.05) is 45.1 Å². The van der Waals surface area contributed by atoms with Gasteiger partial charge in [-0.05, 0) is 43.0 Å². The van der Waals surface area contributed by atoms with Gasteiger partial charge in [-0.15, -0.1) is 5.10 Å². The molecule has 0 radical (unpaired) electrons. The number of ether oxygens (including phenoxy) is 1. The third-order valence-electron chi connectivity index (χ3n) is 8.66. The molecule has 0 atom stereocenters. The minimum Gasteiger partial charge on any atom is -0.377 e. The normalized spacial score (nSPS) is 15.5. The predicted molar refractivity (Wildman–Crippen MR) is 169 cm³/mol. The molecule has 6 rings (SSSR count). The van der Waals surface area contributed by atoms with Gasteiger partial charge in [0.1, 0.15) is 23.6 Å². The van der Waals surface area contributed by atoms with Gasteiger partial charge in [-0.2, -0.15) is 22.7 Å². The van der Waals surface area contributed by atoms with E-state index in [1.165, 1.54) is 34.3 Å². The second-order valence-corrected chi connectivity index (χ2v) is 11.8. The molecule has 0 unspecified atom stereocenters. The first kappa shape index (κ1) is 33.6. The first-order valence-electron chi connectivity index (χ1n) is 15.5. The van der Waals surface area contributed by atoms with Crippen LogP contribution in [0.4, 0.5) is 28.9 Å². The van der Waals surface area contributed by atoms with Gasteiger partial charge >= 0.3 is 6.18 Å². The van der Waals surface area contributed by atoms with Crippen molar-refractivity contribution in [1.82, 2.24) is 33.8 Å². The fourth-order valence-corrected chi connectivity index (χ4v) is 6.08. The number of piperazine rings is 1. The zero-order chi connectivity index (χ0) is 35.2. The van der Waals surface area contributed by atoms with E-state index in [0.29, 0.717) is 37.5 Å². The summed E-state index contributed by atoms with van der Waals surface area (Å²) in [7, 11) is 1.50. The molecule has 1 saturated heterocycles. The number of aryl methyl sites for hydroxylation is 2. The van der Waals surface area contributed by atoms with Crippen LogP contribution in [0.2, 0.25) is 0 Å². The number of aromatic amines is 1. The van der Waals surface area contributed by atoms with Crippen molar-refractivity contribution >= 4 is 34.5 Å². The lowest BCUT2D eigenvalue weighted by Gasteiger charge is -2.36. The van der Waals surface area contributed by atoms with Crippen molar-refractivity contribution in [3.8, 4) is 0 Å². The summed E-state index contributed by atoms with van der Waals surface area (Å²) in [5, 5.41) is 9.69. The third kappa shape index (κ3) is 6.34. The highest BCUT2D eigenvalue weighted by molar-refractivity contribution is 5.94. The highest BCUT2D eigenvalue weighted by Gasteiger charge is 2.35. The zero-order valence-corrected chi connectivity index (χ0v) is 26.9. The molecule has 0 saturated carbocycles. The topological polar surface area (TPSA) is 152 Å². The van der Waals surface area contributed by atoms with Gasteiger partial charge in [-0.25, -0.2) is 4.39 Å². The van der Waals surface area contributed by atoms with E-state index in [0.717, 1.165) is 10.1 Å². The standard InChI is InChI=1S/C31H33F4N9O5/c1-4-23-25(41-7-9-42(10-8-41)28(47)19-15-36-40(3)27(19)46)29(48)44-30(38-26(39-44)18-5-11-49-12-6-18)43(23)16-24(45)37-22-14-21(32)20(13-17(22)2)31(33,34)35/h5,13-15,36H,4,6-12,16H2,1-3H3,(H,37,45). The number of nitrogens with one attached hydrogen (secondary N) is 2. The van der Waals surface area contributed by atoms with E-state index in [2.05, 4.69) is 20.5 Å². The van der Waals surface area contributed by atoms with Crippen LogP contribution in [-0.2, 0) is 35.7 Å². The maximum Gasteiger partial charge on any atom is 0.419 e. The molecular formula is C31H33F4N9O5. The first-order valence-corrected chi connectivity index (χ1v) is 15.5.